The van der Waals surface area contributed by atoms with E-state index in [4.69, 9.17) is 9.72 Å². The van der Waals surface area contributed by atoms with Crippen molar-refractivity contribution in [3.63, 3.8) is 0 Å². The SMILES string of the molecule is O=C(COC(=O)c1c2c(nc3ccccc13)CCCC2)Nc1cccc(S(=O)(=O)N2CCCC2)c1. The molecule has 5 rings (SSSR count). The molecule has 8 nitrogen and oxygen atoms in total. The second kappa shape index (κ2) is 9.75. The number of para-hydroxylation sites is 1. The first-order chi connectivity index (χ1) is 16.9. The number of ether oxygens (including phenoxy) is 1. The smallest absolute Gasteiger partial charge is 0.339 e. The van der Waals surface area contributed by atoms with Crippen molar-refractivity contribution in [3.8, 4) is 0 Å². The number of carbonyl (C=O) groups is 2. The molecule has 0 atom stereocenters. The Morgan fingerprint density at radius 3 is 2.57 bits per heavy atom. The summed E-state index contributed by atoms with van der Waals surface area (Å²) in [6, 6.07) is 13.6. The molecule has 2 heterocycles. The van der Waals surface area contributed by atoms with Gasteiger partial charge in [0, 0.05) is 29.9 Å². The van der Waals surface area contributed by atoms with Crippen LogP contribution in [0.25, 0.3) is 10.9 Å². The van der Waals surface area contributed by atoms with Crippen LogP contribution in [0.4, 0.5) is 5.69 Å². The summed E-state index contributed by atoms with van der Waals surface area (Å²) in [5.41, 5.74) is 3.37. The molecule has 182 valence electrons. The Labute approximate surface area is 204 Å². The molecule has 2 aliphatic rings. The topological polar surface area (TPSA) is 106 Å². The standard InChI is InChI=1S/C26H27N3O5S/c30-24(27-18-8-7-9-19(16-18)35(32,33)29-14-5-6-15-29)17-34-26(31)25-20-10-1-3-12-22(20)28-23-13-4-2-11-21(23)25/h1,3,7-10,12,16H,2,4-6,11,13-15,17H2,(H,27,30). The molecule has 1 amide bonds. The predicted molar refractivity (Wildman–Crippen MR) is 132 cm³/mol. The van der Waals surface area contributed by atoms with E-state index in [2.05, 4.69) is 5.32 Å². The Morgan fingerprint density at radius 2 is 1.74 bits per heavy atom. The highest BCUT2D eigenvalue weighted by Gasteiger charge is 2.27. The fourth-order valence-corrected chi connectivity index (χ4v) is 6.38. The van der Waals surface area contributed by atoms with Crippen LogP contribution in [0.3, 0.4) is 0 Å². The lowest BCUT2D eigenvalue weighted by Gasteiger charge is -2.20. The number of sulfonamides is 1. The summed E-state index contributed by atoms with van der Waals surface area (Å²) in [5.74, 6) is -1.09. The Morgan fingerprint density at radius 1 is 0.971 bits per heavy atom. The molecule has 9 heteroatoms. The molecule has 1 N–H and O–H groups in total. The maximum absolute atomic E-state index is 13.1. The van der Waals surface area contributed by atoms with E-state index in [1.807, 2.05) is 24.3 Å². The van der Waals surface area contributed by atoms with Crippen molar-refractivity contribution in [3.05, 3.63) is 65.4 Å². The second-order valence-corrected chi connectivity index (χ2v) is 10.8. The molecular formula is C26H27N3O5S. The number of nitrogens with zero attached hydrogens (tertiary/aromatic N) is 2. The first-order valence-corrected chi connectivity index (χ1v) is 13.4. The van der Waals surface area contributed by atoms with Gasteiger partial charge in [-0.05, 0) is 68.4 Å². The third kappa shape index (κ3) is 4.78. The van der Waals surface area contributed by atoms with E-state index < -0.39 is 28.5 Å². The lowest BCUT2D eigenvalue weighted by Crippen LogP contribution is -2.28. The van der Waals surface area contributed by atoms with Crippen LogP contribution >= 0.6 is 0 Å². The number of fused-ring (bicyclic) bond motifs is 2. The van der Waals surface area contributed by atoms with Gasteiger partial charge in [-0.3, -0.25) is 9.78 Å². The molecule has 0 saturated carbocycles. The fraction of sp³-hybridized carbons (Fsp3) is 0.346. The summed E-state index contributed by atoms with van der Waals surface area (Å²) in [7, 11) is -3.60. The van der Waals surface area contributed by atoms with Crippen molar-refractivity contribution in [1.29, 1.82) is 0 Å². The van der Waals surface area contributed by atoms with Gasteiger partial charge in [-0.15, -0.1) is 0 Å². The third-order valence-corrected chi connectivity index (χ3v) is 8.42. The Kier molecular flexibility index (Phi) is 6.53. The molecule has 0 spiro atoms. The highest BCUT2D eigenvalue weighted by atomic mass is 32.2. The number of esters is 1. The summed E-state index contributed by atoms with van der Waals surface area (Å²) < 4.78 is 32.5. The maximum atomic E-state index is 13.1. The number of amides is 1. The van der Waals surface area contributed by atoms with Gasteiger partial charge in [0.2, 0.25) is 10.0 Å². The van der Waals surface area contributed by atoms with E-state index in [1.165, 1.54) is 16.4 Å². The highest BCUT2D eigenvalue weighted by molar-refractivity contribution is 7.89. The van der Waals surface area contributed by atoms with Gasteiger partial charge < -0.3 is 10.1 Å². The zero-order valence-electron chi connectivity index (χ0n) is 19.3. The molecule has 2 aromatic carbocycles. The summed E-state index contributed by atoms with van der Waals surface area (Å²) in [6.45, 7) is 0.526. The average molecular weight is 494 g/mol. The minimum Gasteiger partial charge on any atom is -0.452 e. The molecule has 1 aromatic heterocycles. The van der Waals surface area contributed by atoms with Crippen LogP contribution in [0.1, 0.15) is 47.3 Å². The number of carbonyl (C=O) groups excluding carboxylic acids is 2. The van der Waals surface area contributed by atoms with Gasteiger partial charge in [0.25, 0.3) is 5.91 Å². The minimum atomic E-state index is -3.60. The monoisotopic (exact) mass is 493 g/mol. The maximum Gasteiger partial charge on any atom is 0.339 e. The highest BCUT2D eigenvalue weighted by Crippen LogP contribution is 2.30. The van der Waals surface area contributed by atoms with Crippen LogP contribution < -0.4 is 5.32 Å². The fourth-order valence-electron chi connectivity index (χ4n) is 4.82. The minimum absolute atomic E-state index is 0.129. The van der Waals surface area contributed by atoms with E-state index in [9.17, 15) is 18.0 Å². The van der Waals surface area contributed by atoms with E-state index in [1.54, 1.807) is 12.1 Å². The Balaban J connectivity index is 1.30. The molecule has 3 aromatic rings. The summed E-state index contributed by atoms with van der Waals surface area (Å²) in [4.78, 5) is 30.5. The van der Waals surface area contributed by atoms with Gasteiger partial charge in [-0.2, -0.15) is 4.31 Å². The van der Waals surface area contributed by atoms with Crippen LogP contribution in [0.15, 0.2) is 53.4 Å². The number of hydrogen-bond acceptors (Lipinski definition) is 6. The first-order valence-electron chi connectivity index (χ1n) is 11.9. The zero-order valence-corrected chi connectivity index (χ0v) is 20.1. The second-order valence-electron chi connectivity index (χ2n) is 8.90. The van der Waals surface area contributed by atoms with Crippen molar-refractivity contribution in [2.24, 2.45) is 0 Å². The van der Waals surface area contributed by atoms with Crippen molar-refractivity contribution in [2.75, 3.05) is 25.0 Å². The van der Waals surface area contributed by atoms with Crippen LogP contribution in [-0.2, 0) is 32.4 Å². The number of aromatic nitrogens is 1. The van der Waals surface area contributed by atoms with Gasteiger partial charge >= 0.3 is 5.97 Å². The summed E-state index contributed by atoms with van der Waals surface area (Å²) >= 11 is 0. The van der Waals surface area contributed by atoms with Crippen LogP contribution in [-0.4, -0.2) is 49.3 Å². The summed E-state index contributed by atoms with van der Waals surface area (Å²) in [5, 5.41) is 3.36. The lowest BCUT2D eigenvalue weighted by atomic mass is 9.90. The number of anilines is 1. The summed E-state index contributed by atoms with van der Waals surface area (Å²) in [6.07, 6.45) is 5.26. The third-order valence-electron chi connectivity index (χ3n) is 6.53. The van der Waals surface area contributed by atoms with Crippen molar-refractivity contribution < 1.29 is 22.7 Å². The van der Waals surface area contributed by atoms with Crippen molar-refractivity contribution in [1.82, 2.24) is 9.29 Å². The Bertz CT molecular complexity index is 1400. The van der Waals surface area contributed by atoms with Crippen LogP contribution in [0.5, 0.6) is 0 Å². The van der Waals surface area contributed by atoms with E-state index in [0.717, 1.165) is 60.7 Å². The number of pyridine rings is 1. The molecule has 1 fully saturated rings. The normalized spacial score (nSPS) is 16.1. The van der Waals surface area contributed by atoms with Crippen molar-refractivity contribution in [2.45, 2.75) is 43.4 Å². The van der Waals surface area contributed by atoms with E-state index >= 15 is 0 Å². The first kappa shape index (κ1) is 23.4. The van der Waals surface area contributed by atoms with Gasteiger partial charge in [-0.25, -0.2) is 13.2 Å². The van der Waals surface area contributed by atoms with Crippen LogP contribution in [0.2, 0.25) is 0 Å². The number of benzene rings is 2. The van der Waals surface area contributed by atoms with Crippen LogP contribution in [0, 0.1) is 0 Å². The molecule has 35 heavy (non-hydrogen) atoms. The van der Waals surface area contributed by atoms with Gasteiger partial charge in [0.1, 0.15) is 0 Å². The Hall–Kier alpha value is -3.30. The molecule has 1 saturated heterocycles. The average Bonchev–Trinajstić information content (AvgIpc) is 3.42. The molecule has 1 aliphatic carbocycles. The molecule has 0 bridgehead atoms. The number of aryl methyl sites for hydroxylation is 1. The molecule has 0 radical (unpaired) electrons. The predicted octanol–water partition coefficient (Wildman–Crippen LogP) is 3.69. The number of nitrogens with one attached hydrogen (secondary N) is 1. The van der Waals surface area contributed by atoms with Gasteiger partial charge in [0.15, 0.2) is 6.61 Å². The van der Waals surface area contributed by atoms with Gasteiger partial charge in [0.05, 0.1) is 16.0 Å². The van der Waals surface area contributed by atoms with E-state index in [0.29, 0.717) is 24.3 Å². The lowest BCUT2D eigenvalue weighted by molar-refractivity contribution is -0.119. The van der Waals surface area contributed by atoms with Crippen molar-refractivity contribution >= 4 is 38.5 Å². The number of rotatable bonds is 6. The quantitative estimate of drug-likeness (QED) is 0.525. The largest absolute Gasteiger partial charge is 0.452 e. The zero-order chi connectivity index (χ0) is 24.4. The molecule has 0 unspecified atom stereocenters. The van der Waals surface area contributed by atoms with Gasteiger partial charge in [-0.1, -0.05) is 24.3 Å². The molecule has 1 aliphatic heterocycles. The number of hydrogen-bond donors (Lipinski definition) is 1. The van der Waals surface area contributed by atoms with E-state index in [-0.39, 0.29) is 4.90 Å². The molecular weight excluding hydrogens is 466 g/mol.